The first-order chi connectivity index (χ1) is 19.1. The van der Waals surface area contributed by atoms with Crippen molar-refractivity contribution in [2.24, 2.45) is 22.8 Å². The molecule has 1 rings (SSSR count). The number of nitrogens with two attached hydrogens (primary N) is 2. The highest BCUT2D eigenvalue weighted by molar-refractivity contribution is 5.98. The lowest BCUT2D eigenvalue weighted by molar-refractivity contribution is -0.154. The summed E-state index contributed by atoms with van der Waals surface area (Å²) < 4.78 is 5.30. The molecule has 0 saturated heterocycles. The number of esters is 1. The summed E-state index contributed by atoms with van der Waals surface area (Å²) in [4.78, 5) is 72.9. The van der Waals surface area contributed by atoms with E-state index >= 15 is 0 Å². The molecule has 41 heavy (non-hydrogen) atoms. The molecule has 0 radical (unpaired) electrons. The van der Waals surface area contributed by atoms with Gasteiger partial charge in [-0.25, -0.2) is 4.79 Å². The third-order valence-corrected chi connectivity index (χ3v) is 5.70. The zero-order chi connectivity index (χ0) is 31.2. The maximum atomic E-state index is 13.2. The summed E-state index contributed by atoms with van der Waals surface area (Å²) in [6, 6.07) is 3.95. The Bertz CT molecular complexity index is 1070. The molecule has 14 heteroatoms. The fourth-order valence-electron chi connectivity index (χ4n) is 3.34. The van der Waals surface area contributed by atoms with Crippen LogP contribution in [0.25, 0.3) is 0 Å². The highest BCUT2D eigenvalue weighted by Crippen LogP contribution is 2.17. The van der Waals surface area contributed by atoms with Crippen molar-refractivity contribution in [1.29, 1.82) is 0 Å². The summed E-state index contributed by atoms with van der Waals surface area (Å²) in [5.41, 5.74) is 10.8. The number of carbonyl (C=O) groups excluding carboxylic acids is 6. The van der Waals surface area contributed by atoms with Crippen molar-refractivity contribution in [2.45, 2.75) is 66.2 Å². The van der Waals surface area contributed by atoms with Crippen molar-refractivity contribution in [1.82, 2.24) is 21.3 Å². The third-order valence-electron chi connectivity index (χ3n) is 5.70. The molecule has 0 aromatic heterocycles. The Kier molecular flexibility index (Phi) is 14.3. The lowest BCUT2D eigenvalue weighted by Gasteiger charge is -2.25. The average Bonchev–Trinajstić information content (AvgIpc) is 2.90. The van der Waals surface area contributed by atoms with Crippen LogP contribution in [0.3, 0.4) is 0 Å². The zero-order valence-corrected chi connectivity index (χ0v) is 24.3. The van der Waals surface area contributed by atoms with Gasteiger partial charge in [-0.1, -0.05) is 26.0 Å². The molecule has 0 saturated carbocycles. The van der Waals surface area contributed by atoms with Crippen LogP contribution < -0.4 is 38.1 Å². The van der Waals surface area contributed by atoms with Gasteiger partial charge in [0.1, 0.15) is 18.7 Å². The highest BCUT2D eigenvalue weighted by Gasteiger charge is 2.29. The van der Waals surface area contributed by atoms with Gasteiger partial charge in [0.05, 0.1) is 18.5 Å². The van der Waals surface area contributed by atoms with Crippen LogP contribution in [0.2, 0.25) is 0 Å². The summed E-state index contributed by atoms with van der Waals surface area (Å²) in [6.45, 7) is 8.32. The Hall–Kier alpha value is -4.20. The molecule has 1 aromatic rings. The Labute approximate surface area is 240 Å². The van der Waals surface area contributed by atoms with Crippen LogP contribution in [-0.4, -0.2) is 67.3 Å². The second-order valence-electron chi connectivity index (χ2n) is 10.8. The molecule has 0 spiro atoms. The normalized spacial score (nSPS) is 12.5. The summed E-state index contributed by atoms with van der Waals surface area (Å²) in [5.74, 6) is -2.92. The third kappa shape index (κ3) is 13.6. The number of nitrogens with one attached hydrogen (secondary N) is 5. The lowest BCUT2D eigenvalue weighted by atomic mass is 9.97. The Morgan fingerprint density at radius 1 is 0.902 bits per heavy atom. The van der Waals surface area contributed by atoms with Crippen molar-refractivity contribution in [2.75, 3.05) is 25.0 Å². The van der Waals surface area contributed by atoms with Gasteiger partial charge in [0, 0.05) is 12.2 Å². The molecule has 2 atom stereocenters. The molecule has 1 aromatic carbocycles. The molecule has 6 amide bonds. The smallest absolute Gasteiger partial charge is 0.312 e. The second-order valence-corrected chi connectivity index (χ2v) is 10.8. The first-order valence-corrected chi connectivity index (χ1v) is 13.3. The van der Waals surface area contributed by atoms with Gasteiger partial charge in [-0.05, 0) is 57.2 Å². The van der Waals surface area contributed by atoms with Gasteiger partial charge in [-0.3, -0.25) is 24.0 Å². The first kappa shape index (κ1) is 34.8. The number of amides is 6. The molecule has 0 aliphatic rings. The van der Waals surface area contributed by atoms with E-state index in [-0.39, 0.29) is 44.5 Å². The fraction of sp³-hybridized carbons (Fsp3) is 0.556. The van der Waals surface area contributed by atoms with E-state index in [1.54, 1.807) is 58.9 Å². The number of primary amides is 1. The molecule has 0 aliphatic carbocycles. The van der Waals surface area contributed by atoms with E-state index in [2.05, 4.69) is 26.6 Å². The van der Waals surface area contributed by atoms with Crippen LogP contribution in [0.1, 0.15) is 53.0 Å². The van der Waals surface area contributed by atoms with Crippen LogP contribution in [0.5, 0.6) is 0 Å². The van der Waals surface area contributed by atoms with Gasteiger partial charge in [0.25, 0.3) is 0 Å². The minimum atomic E-state index is -1.01. The number of carbonyl (C=O) groups is 6. The molecule has 228 valence electrons. The van der Waals surface area contributed by atoms with Crippen LogP contribution in [-0.2, 0) is 35.3 Å². The van der Waals surface area contributed by atoms with Crippen molar-refractivity contribution in [3.8, 4) is 0 Å². The standard InChI is InChI=1S/C27H43N7O7/c1-16(2)22(34-21(36)14-31-20(35)13-28)24(38)33-19(7-6-12-30-26(29)40)23(37)32-18-10-8-17(9-11-18)15-41-25(39)27(3,4)5/h8-11,16,19,22H,6-7,12-15,28H2,1-5H3,(H,31,35)(H,32,37)(H,33,38)(H,34,36)(H3,29,30,40). The topological polar surface area (TPSA) is 224 Å². The summed E-state index contributed by atoms with van der Waals surface area (Å²) in [5, 5.41) is 12.7. The molecule has 0 heterocycles. The van der Waals surface area contributed by atoms with Gasteiger partial charge >= 0.3 is 12.0 Å². The Morgan fingerprint density at radius 3 is 2.07 bits per heavy atom. The number of hydrogen-bond donors (Lipinski definition) is 7. The van der Waals surface area contributed by atoms with E-state index in [1.165, 1.54) is 0 Å². The Balaban J connectivity index is 2.91. The summed E-state index contributed by atoms with van der Waals surface area (Å²) >= 11 is 0. The highest BCUT2D eigenvalue weighted by atomic mass is 16.5. The monoisotopic (exact) mass is 577 g/mol. The first-order valence-electron chi connectivity index (χ1n) is 13.3. The van der Waals surface area contributed by atoms with E-state index in [1.807, 2.05) is 0 Å². The van der Waals surface area contributed by atoms with Gasteiger partial charge in [-0.2, -0.15) is 0 Å². The maximum absolute atomic E-state index is 13.2. The number of rotatable bonds is 15. The van der Waals surface area contributed by atoms with Gasteiger partial charge < -0.3 is 42.8 Å². The van der Waals surface area contributed by atoms with Crippen molar-refractivity contribution in [3.63, 3.8) is 0 Å². The molecular weight excluding hydrogens is 534 g/mol. The van der Waals surface area contributed by atoms with E-state index in [0.29, 0.717) is 12.1 Å². The molecular formula is C27H43N7O7. The average molecular weight is 578 g/mol. The van der Waals surface area contributed by atoms with E-state index in [0.717, 1.165) is 5.56 Å². The molecule has 0 bridgehead atoms. The molecule has 2 unspecified atom stereocenters. The van der Waals surface area contributed by atoms with Crippen molar-refractivity contribution in [3.05, 3.63) is 29.8 Å². The number of hydrogen-bond acceptors (Lipinski definition) is 8. The number of anilines is 1. The van der Waals surface area contributed by atoms with Gasteiger partial charge in [-0.15, -0.1) is 0 Å². The predicted molar refractivity (Wildman–Crippen MR) is 152 cm³/mol. The quantitative estimate of drug-likeness (QED) is 0.109. The largest absolute Gasteiger partial charge is 0.460 e. The summed E-state index contributed by atoms with van der Waals surface area (Å²) in [7, 11) is 0. The predicted octanol–water partition coefficient (Wildman–Crippen LogP) is -0.137. The van der Waals surface area contributed by atoms with Crippen LogP contribution in [0.4, 0.5) is 10.5 Å². The van der Waals surface area contributed by atoms with Crippen LogP contribution in [0.15, 0.2) is 24.3 Å². The van der Waals surface area contributed by atoms with E-state index in [9.17, 15) is 28.8 Å². The minimum Gasteiger partial charge on any atom is -0.460 e. The Morgan fingerprint density at radius 2 is 1.54 bits per heavy atom. The van der Waals surface area contributed by atoms with Crippen molar-refractivity contribution >= 4 is 41.3 Å². The van der Waals surface area contributed by atoms with Gasteiger partial charge in [0.15, 0.2) is 0 Å². The minimum absolute atomic E-state index is 0.0775. The van der Waals surface area contributed by atoms with Crippen LogP contribution >= 0.6 is 0 Å². The van der Waals surface area contributed by atoms with E-state index < -0.39 is 47.2 Å². The van der Waals surface area contributed by atoms with Crippen molar-refractivity contribution < 1.29 is 33.5 Å². The SMILES string of the molecule is CC(C)C(NC(=O)CNC(=O)CN)C(=O)NC(CCCNC(N)=O)C(=O)Nc1ccc(COC(=O)C(C)(C)C)cc1. The molecule has 9 N–H and O–H groups in total. The number of urea groups is 1. The molecule has 0 fully saturated rings. The zero-order valence-electron chi connectivity index (χ0n) is 24.3. The van der Waals surface area contributed by atoms with Crippen LogP contribution in [0, 0.1) is 11.3 Å². The molecule has 14 nitrogen and oxygen atoms in total. The van der Waals surface area contributed by atoms with Gasteiger partial charge in [0.2, 0.25) is 23.6 Å². The fourth-order valence-corrected chi connectivity index (χ4v) is 3.34. The number of benzene rings is 1. The molecule has 0 aliphatic heterocycles. The van der Waals surface area contributed by atoms with E-state index in [4.69, 9.17) is 16.2 Å². The summed E-state index contributed by atoms with van der Waals surface area (Å²) in [6.07, 6.45) is 0.479. The maximum Gasteiger partial charge on any atom is 0.312 e. The second kappa shape index (κ2) is 16.8. The number of ether oxygens (including phenoxy) is 1. The lowest BCUT2D eigenvalue weighted by Crippen LogP contribution is -2.55.